The molecule has 2 rings (SSSR count). The standard InChI is InChI=1S/C12H15ClFN5/c1-12(2,3)15-7-11-16-17-18-19(11)10-5-4-8(13)6-9(10)14/h4-6,15H,7H2,1-3H3. The van der Waals surface area contributed by atoms with Gasteiger partial charge in [-0.1, -0.05) is 11.6 Å². The SMILES string of the molecule is CC(C)(C)NCc1nnnn1-c1ccc(Cl)cc1F. The Balaban J connectivity index is 2.28. The summed E-state index contributed by atoms with van der Waals surface area (Å²) >= 11 is 5.73. The second-order valence-electron chi connectivity index (χ2n) is 5.21. The van der Waals surface area contributed by atoms with E-state index in [9.17, 15) is 4.39 Å². The summed E-state index contributed by atoms with van der Waals surface area (Å²) in [5, 5.41) is 14.9. The van der Waals surface area contributed by atoms with Crippen molar-refractivity contribution in [3.8, 4) is 5.69 Å². The summed E-state index contributed by atoms with van der Waals surface area (Å²) in [6.07, 6.45) is 0. The van der Waals surface area contributed by atoms with Crippen LogP contribution in [0.4, 0.5) is 4.39 Å². The zero-order valence-corrected chi connectivity index (χ0v) is 11.7. The highest BCUT2D eigenvalue weighted by Crippen LogP contribution is 2.18. The molecule has 7 heteroatoms. The van der Waals surface area contributed by atoms with E-state index in [1.54, 1.807) is 12.1 Å². The first kappa shape index (κ1) is 13.9. The molecule has 102 valence electrons. The van der Waals surface area contributed by atoms with Crippen LogP contribution in [0.3, 0.4) is 0 Å². The largest absolute Gasteiger partial charge is 0.305 e. The van der Waals surface area contributed by atoms with Crippen LogP contribution in [0, 0.1) is 5.82 Å². The lowest BCUT2D eigenvalue weighted by molar-refractivity contribution is 0.414. The number of hydrogen-bond donors (Lipinski definition) is 1. The normalized spacial score (nSPS) is 11.8. The molecule has 0 fully saturated rings. The molecule has 1 heterocycles. The highest BCUT2D eigenvalue weighted by atomic mass is 35.5. The molecule has 0 unspecified atom stereocenters. The van der Waals surface area contributed by atoms with E-state index in [0.717, 1.165) is 0 Å². The van der Waals surface area contributed by atoms with Gasteiger partial charge in [-0.15, -0.1) is 5.10 Å². The Morgan fingerprint density at radius 2 is 2.11 bits per heavy atom. The fourth-order valence-electron chi connectivity index (χ4n) is 1.50. The predicted octanol–water partition coefficient (Wildman–Crippen LogP) is 2.34. The van der Waals surface area contributed by atoms with Crippen molar-refractivity contribution in [1.29, 1.82) is 0 Å². The first-order chi connectivity index (χ1) is 8.87. The topological polar surface area (TPSA) is 55.6 Å². The van der Waals surface area contributed by atoms with Crippen LogP contribution in [0.15, 0.2) is 18.2 Å². The molecule has 1 N–H and O–H groups in total. The van der Waals surface area contributed by atoms with Gasteiger partial charge in [-0.2, -0.15) is 4.68 Å². The zero-order valence-electron chi connectivity index (χ0n) is 11.0. The van der Waals surface area contributed by atoms with Gasteiger partial charge in [0, 0.05) is 10.6 Å². The molecule has 0 spiro atoms. The summed E-state index contributed by atoms with van der Waals surface area (Å²) in [4.78, 5) is 0. The molecule has 0 saturated carbocycles. The van der Waals surface area contributed by atoms with E-state index in [4.69, 9.17) is 11.6 Å². The Hall–Kier alpha value is -1.53. The van der Waals surface area contributed by atoms with Crippen molar-refractivity contribution in [3.05, 3.63) is 34.9 Å². The summed E-state index contributed by atoms with van der Waals surface area (Å²) in [6, 6.07) is 4.39. The summed E-state index contributed by atoms with van der Waals surface area (Å²) in [5.41, 5.74) is 0.204. The number of hydrogen-bond acceptors (Lipinski definition) is 4. The minimum Gasteiger partial charge on any atom is -0.305 e. The second kappa shape index (κ2) is 5.22. The number of nitrogens with zero attached hydrogens (tertiary/aromatic N) is 4. The van der Waals surface area contributed by atoms with E-state index in [-0.39, 0.29) is 11.2 Å². The van der Waals surface area contributed by atoms with E-state index >= 15 is 0 Å². The van der Waals surface area contributed by atoms with E-state index < -0.39 is 5.82 Å². The van der Waals surface area contributed by atoms with Crippen molar-refractivity contribution in [3.63, 3.8) is 0 Å². The summed E-state index contributed by atoms with van der Waals surface area (Å²) < 4.78 is 15.2. The quantitative estimate of drug-likeness (QED) is 0.939. The van der Waals surface area contributed by atoms with Gasteiger partial charge in [0.1, 0.15) is 11.5 Å². The van der Waals surface area contributed by atoms with Crippen molar-refractivity contribution in [2.45, 2.75) is 32.9 Å². The number of rotatable bonds is 3. The molecule has 0 aliphatic carbocycles. The first-order valence-corrected chi connectivity index (χ1v) is 6.22. The third-order valence-corrected chi connectivity index (χ3v) is 2.68. The molecule has 5 nitrogen and oxygen atoms in total. The van der Waals surface area contributed by atoms with Gasteiger partial charge >= 0.3 is 0 Å². The van der Waals surface area contributed by atoms with Crippen LogP contribution in [0.2, 0.25) is 5.02 Å². The molecule has 2 aromatic rings. The zero-order chi connectivity index (χ0) is 14.0. The van der Waals surface area contributed by atoms with Crippen LogP contribution >= 0.6 is 11.6 Å². The highest BCUT2D eigenvalue weighted by Gasteiger charge is 2.15. The molecule has 1 aromatic heterocycles. The molecule has 0 radical (unpaired) electrons. The Bertz CT molecular complexity index is 576. The average Bonchev–Trinajstić information content (AvgIpc) is 2.73. The number of benzene rings is 1. The summed E-state index contributed by atoms with van der Waals surface area (Å²) in [6.45, 7) is 6.54. The third-order valence-electron chi connectivity index (χ3n) is 2.45. The number of tetrazole rings is 1. The van der Waals surface area contributed by atoms with Crippen LogP contribution in [-0.2, 0) is 6.54 Å². The van der Waals surface area contributed by atoms with Crippen LogP contribution in [-0.4, -0.2) is 25.7 Å². The lowest BCUT2D eigenvalue weighted by atomic mass is 10.1. The monoisotopic (exact) mass is 283 g/mol. The number of halogens is 2. The smallest absolute Gasteiger partial charge is 0.170 e. The Morgan fingerprint density at radius 3 is 2.74 bits per heavy atom. The van der Waals surface area contributed by atoms with Gasteiger partial charge in [0.25, 0.3) is 0 Å². The number of nitrogens with one attached hydrogen (secondary N) is 1. The maximum atomic E-state index is 13.8. The predicted molar refractivity (Wildman–Crippen MR) is 70.7 cm³/mol. The molecular weight excluding hydrogens is 269 g/mol. The highest BCUT2D eigenvalue weighted by molar-refractivity contribution is 6.30. The van der Waals surface area contributed by atoms with E-state index in [0.29, 0.717) is 17.4 Å². The second-order valence-corrected chi connectivity index (χ2v) is 5.64. The lowest BCUT2D eigenvalue weighted by Gasteiger charge is -2.19. The van der Waals surface area contributed by atoms with E-state index in [2.05, 4.69) is 20.8 Å². The molecular formula is C12H15ClFN5. The van der Waals surface area contributed by atoms with Crippen molar-refractivity contribution < 1.29 is 4.39 Å². The van der Waals surface area contributed by atoms with E-state index in [1.165, 1.54) is 10.7 Å². The van der Waals surface area contributed by atoms with Gasteiger partial charge in [0.15, 0.2) is 5.82 Å². The lowest BCUT2D eigenvalue weighted by Crippen LogP contribution is -2.36. The first-order valence-electron chi connectivity index (χ1n) is 5.84. The van der Waals surface area contributed by atoms with Crippen molar-refractivity contribution in [1.82, 2.24) is 25.5 Å². The minimum absolute atomic E-state index is 0.0741. The summed E-state index contributed by atoms with van der Waals surface area (Å²) in [7, 11) is 0. The van der Waals surface area contributed by atoms with Gasteiger partial charge in [-0.25, -0.2) is 4.39 Å². The Kier molecular flexibility index (Phi) is 3.82. The summed E-state index contributed by atoms with van der Waals surface area (Å²) in [5.74, 6) is 0.0768. The molecule has 0 aliphatic rings. The Morgan fingerprint density at radius 1 is 1.37 bits per heavy atom. The van der Waals surface area contributed by atoms with Gasteiger partial charge < -0.3 is 5.32 Å². The van der Waals surface area contributed by atoms with Gasteiger partial charge in [0.05, 0.1) is 6.54 Å². The molecule has 0 bridgehead atoms. The third kappa shape index (κ3) is 3.48. The van der Waals surface area contributed by atoms with Crippen molar-refractivity contribution >= 4 is 11.6 Å². The van der Waals surface area contributed by atoms with Crippen LogP contribution in [0.1, 0.15) is 26.6 Å². The molecule has 0 saturated heterocycles. The van der Waals surface area contributed by atoms with Gasteiger partial charge in [-0.05, 0) is 49.4 Å². The van der Waals surface area contributed by atoms with Gasteiger partial charge in [0.2, 0.25) is 0 Å². The Labute approximate surface area is 115 Å². The molecule has 19 heavy (non-hydrogen) atoms. The minimum atomic E-state index is -0.461. The van der Waals surface area contributed by atoms with Crippen LogP contribution < -0.4 is 5.32 Å². The number of aromatic nitrogens is 4. The van der Waals surface area contributed by atoms with E-state index in [1.807, 2.05) is 20.8 Å². The van der Waals surface area contributed by atoms with Crippen LogP contribution in [0.25, 0.3) is 5.69 Å². The molecule has 1 aromatic carbocycles. The fraction of sp³-hybridized carbons (Fsp3) is 0.417. The van der Waals surface area contributed by atoms with Crippen molar-refractivity contribution in [2.75, 3.05) is 0 Å². The van der Waals surface area contributed by atoms with Crippen molar-refractivity contribution in [2.24, 2.45) is 0 Å². The maximum absolute atomic E-state index is 13.8. The maximum Gasteiger partial charge on any atom is 0.170 e. The molecule has 0 aliphatic heterocycles. The average molecular weight is 284 g/mol. The van der Waals surface area contributed by atoms with Gasteiger partial charge in [-0.3, -0.25) is 0 Å². The van der Waals surface area contributed by atoms with Crippen LogP contribution in [0.5, 0.6) is 0 Å². The molecule has 0 amide bonds. The molecule has 0 atom stereocenters. The fourth-order valence-corrected chi connectivity index (χ4v) is 1.66.